The van der Waals surface area contributed by atoms with Crippen molar-refractivity contribution in [3.05, 3.63) is 98.0 Å². The van der Waals surface area contributed by atoms with Crippen molar-refractivity contribution in [1.82, 2.24) is 9.58 Å². The smallest absolute Gasteiger partial charge is 0.451 e. The number of halogens is 3. The van der Waals surface area contributed by atoms with E-state index in [1.54, 1.807) is 21.0 Å². The first-order chi connectivity index (χ1) is 23.6. The molecule has 2 aromatic carbocycles. The third-order valence-electron chi connectivity index (χ3n) is 11.0. The van der Waals surface area contributed by atoms with Crippen LogP contribution in [0, 0.1) is 11.2 Å². The molecule has 2 fully saturated rings. The molecule has 1 saturated heterocycles. The van der Waals surface area contributed by atoms with E-state index < -0.39 is 60.2 Å². The van der Waals surface area contributed by atoms with Gasteiger partial charge in [-0.05, 0) is 64.8 Å². The number of benzene rings is 2. The van der Waals surface area contributed by atoms with Crippen molar-refractivity contribution >= 4 is 23.4 Å². The molecule has 252 valence electrons. The van der Waals surface area contributed by atoms with Crippen molar-refractivity contribution < 1.29 is 37.0 Å². The van der Waals surface area contributed by atoms with Gasteiger partial charge in [0.25, 0.3) is 11.8 Å². The highest BCUT2D eigenvalue weighted by atomic mass is 32.1. The van der Waals surface area contributed by atoms with E-state index in [1.165, 1.54) is 23.6 Å². The van der Waals surface area contributed by atoms with Crippen molar-refractivity contribution in [1.29, 1.82) is 0 Å². The fourth-order valence-corrected chi connectivity index (χ4v) is 9.81. The van der Waals surface area contributed by atoms with Gasteiger partial charge in [0, 0.05) is 41.2 Å². The minimum absolute atomic E-state index is 0.00911. The number of hydrogen-bond acceptors (Lipinski definition) is 8. The third-order valence-corrected chi connectivity index (χ3v) is 12.1. The Hall–Kier alpha value is -4.78. The maximum atomic E-state index is 16.0. The first kappa shape index (κ1) is 30.3. The number of hydrogen-bond donors (Lipinski definition) is 0. The van der Waals surface area contributed by atoms with E-state index >= 15 is 13.2 Å². The van der Waals surface area contributed by atoms with Gasteiger partial charge in [0.15, 0.2) is 5.69 Å². The van der Waals surface area contributed by atoms with Crippen LogP contribution >= 0.6 is 11.3 Å². The van der Waals surface area contributed by atoms with Crippen LogP contribution in [-0.4, -0.2) is 48.3 Å². The summed E-state index contributed by atoms with van der Waals surface area (Å²) in [6.07, 6.45) is 3.84. The predicted octanol–water partition coefficient (Wildman–Crippen LogP) is 6.94. The average molecular weight is 690 g/mol. The van der Waals surface area contributed by atoms with Gasteiger partial charge in [-0.1, -0.05) is 36.8 Å². The molecule has 4 heterocycles. The molecular formula is C36H30F3N3O6S. The van der Waals surface area contributed by atoms with E-state index in [2.05, 4.69) is 4.74 Å². The number of fused-ring (bicyclic) bond motifs is 4. The van der Waals surface area contributed by atoms with Crippen LogP contribution in [0.15, 0.2) is 58.8 Å². The summed E-state index contributed by atoms with van der Waals surface area (Å²) in [4.78, 5) is 41.9. The van der Waals surface area contributed by atoms with Crippen LogP contribution in [0.4, 0.5) is 18.0 Å². The molecule has 0 radical (unpaired) electrons. The van der Waals surface area contributed by atoms with Crippen LogP contribution in [-0.2, 0) is 21.8 Å². The summed E-state index contributed by atoms with van der Waals surface area (Å²) >= 11 is 1.37. The summed E-state index contributed by atoms with van der Waals surface area (Å²) in [7, 11) is 1.13. The van der Waals surface area contributed by atoms with Crippen molar-refractivity contribution in [3.63, 3.8) is 0 Å². The second-order valence-corrected chi connectivity index (χ2v) is 14.3. The number of carbonyl (C=O) groups excluding carboxylic acids is 2. The summed E-state index contributed by atoms with van der Waals surface area (Å²) in [6, 6.07) is 10.9. The number of methoxy groups -OCH3 is 1. The number of aromatic nitrogens is 1. The zero-order chi connectivity index (χ0) is 33.8. The Morgan fingerprint density at radius 1 is 1.04 bits per heavy atom. The molecule has 49 heavy (non-hydrogen) atoms. The monoisotopic (exact) mass is 689 g/mol. The first-order valence-corrected chi connectivity index (χ1v) is 17.1. The number of thiophene rings is 1. The molecule has 5 aliphatic rings. The molecule has 2 aliphatic heterocycles. The summed E-state index contributed by atoms with van der Waals surface area (Å²) < 4.78 is 64.4. The lowest BCUT2D eigenvalue weighted by Crippen LogP contribution is -2.66. The van der Waals surface area contributed by atoms with Crippen LogP contribution in [0.5, 0.6) is 5.75 Å². The Morgan fingerprint density at radius 3 is 2.63 bits per heavy atom. The Balaban J connectivity index is 1.32. The highest BCUT2D eigenvalue weighted by Crippen LogP contribution is 2.59. The van der Waals surface area contributed by atoms with Crippen molar-refractivity contribution in [2.75, 3.05) is 25.5 Å². The number of ether oxygens (including phenoxy) is 3. The van der Waals surface area contributed by atoms with Crippen molar-refractivity contribution in [3.8, 4) is 27.3 Å². The van der Waals surface area contributed by atoms with Crippen LogP contribution < -0.4 is 15.2 Å². The Kier molecular flexibility index (Phi) is 6.56. The molecule has 2 atom stereocenters. The molecule has 0 N–H and O–H groups in total. The third kappa shape index (κ3) is 4.26. The zero-order valence-electron chi connectivity index (χ0n) is 26.3. The first-order valence-electron chi connectivity index (χ1n) is 16.2. The van der Waals surface area contributed by atoms with Crippen LogP contribution in [0.3, 0.4) is 0 Å². The summed E-state index contributed by atoms with van der Waals surface area (Å²) in [5, 5.41) is 3.73. The number of piperidine rings is 1. The minimum atomic E-state index is -3.45. The lowest BCUT2D eigenvalue weighted by molar-refractivity contribution is -0.0176. The average Bonchev–Trinajstić information content (AvgIpc) is 3.44. The van der Waals surface area contributed by atoms with E-state index in [9.17, 15) is 14.4 Å². The van der Waals surface area contributed by atoms with Gasteiger partial charge in [0.2, 0.25) is 18.0 Å². The zero-order valence-corrected chi connectivity index (χ0v) is 27.2. The number of alkyl halides is 2. The molecule has 9 rings (SSSR count). The van der Waals surface area contributed by atoms with Gasteiger partial charge in [-0.15, -0.1) is 11.3 Å². The van der Waals surface area contributed by atoms with Gasteiger partial charge < -0.3 is 19.1 Å². The lowest BCUT2D eigenvalue weighted by atomic mass is 9.62. The van der Waals surface area contributed by atoms with Gasteiger partial charge in [0.05, 0.1) is 18.7 Å². The molecule has 13 heteroatoms. The molecule has 0 bridgehead atoms. The van der Waals surface area contributed by atoms with E-state index in [-0.39, 0.29) is 22.4 Å². The molecule has 4 aromatic rings. The topological polar surface area (TPSA) is 90.3 Å². The molecule has 1 spiro atoms. The summed E-state index contributed by atoms with van der Waals surface area (Å²) in [5.41, 5.74) is 2.05. The number of pyridine rings is 1. The second-order valence-electron chi connectivity index (χ2n) is 13.5. The SMILES string of the molecule is COC(=O)OCOc1c2n(ccc1=O)N(C1c3ccccc3-c3scc4c3-c3c1ccc(F)c3C(F)(F)C4)C1CC3(CCC3)CCN1C2=O. The molecule has 1 amide bonds. The van der Waals surface area contributed by atoms with E-state index in [4.69, 9.17) is 9.47 Å². The lowest BCUT2D eigenvalue weighted by Gasteiger charge is -2.58. The summed E-state index contributed by atoms with van der Waals surface area (Å²) in [5.74, 6) is -5.17. The van der Waals surface area contributed by atoms with Gasteiger partial charge in [0.1, 0.15) is 12.0 Å². The fraction of sp³-hybridized carbons (Fsp3) is 0.361. The molecule has 2 unspecified atom stereocenters. The molecule has 2 aromatic heterocycles. The van der Waals surface area contributed by atoms with Crippen LogP contribution in [0.25, 0.3) is 21.6 Å². The highest BCUT2D eigenvalue weighted by molar-refractivity contribution is 7.14. The largest absolute Gasteiger partial charge is 0.510 e. The van der Waals surface area contributed by atoms with E-state index in [0.29, 0.717) is 29.7 Å². The van der Waals surface area contributed by atoms with Crippen LogP contribution in [0.1, 0.15) is 70.9 Å². The van der Waals surface area contributed by atoms with Crippen LogP contribution in [0.2, 0.25) is 0 Å². The van der Waals surface area contributed by atoms with Gasteiger partial charge in [-0.2, -0.15) is 0 Å². The van der Waals surface area contributed by atoms with E-state index in [1.807, 2.05) is 29.3 Å². The number of nitrogens with zero attached hydrogens (tertiary/aromatic N) is 3. The minimum Gasteiger partial charge on any atom is -0.451 e. The molecule has 9 nitrogen and oxygen atoms in total. The van der Waals surface area contributed by atoms with Gasteiger partial charge >= 0.3 is 6.16 Å². The van der Waals surface area contributed by atoms with Crippen molar-refractivity contribution in [2.45, 2.75) is 56.7 Å². The Morgan fingerprint density at radius 2 is 1.86 bits per heavy atom. The quantitative estimate of drug-likeness (QED) is 0.170. The summed E-state index contributed by atoms with van der Waals surface area (Å²) in [6.45, 7) is -0.277. The maximum Gasteiger partial charge on any atom is 0.510 e. The predicted molar refractivity (Wildman–Crippen MR) is 173 cm³/mol. The maximum absolute atomic E-state index is 16.0. The second kappa shape index (κ2) is 10.6. The Bertz CT molecular complexity index is 2140. The van der Waals surface area contributed by atoms with Crippen molar-refractivity contribution in [2.24, 2.45) is 5.41 Å². The standard InChI is InChI=1S/C36H30F3N3O6S/c1-46-34(45)48-18-47-31-24(43)9-13-41-30(31)33(44)40-14-12-35(10-4-11-35)16-25(40)42(41)29-20-5-2-3-6-21(20)32-26-19(17-49-32)15-36(38,39)28-23(37)8-7-22(29)27(26)28/h2-3,5-9,13,17,25,29H,4,10-12,14-16,18H2,1H3. The fourth-order valence-electron chi connectivity index (χ4n) is 8.68. The molecule has 1 saturated carbocycles. The molecule has 3 aliphatic carbocycles. The highest BCUT2D eigenvalue weighted by Gasteiger charge is 2.54. The number of carbonyl (C=O) groups is 2. The number of rotatable bonds is 4. The Labute approximate surface area is 282 Å². The number of amides is 1. The normalized spacial score (nSPS) is 21.8. The van der Waals surface area contributed by atoms with Gasteiger partial charge in [-0.25, -0.2) is 18.0 Å². The molecular weight excluding hydrogens is 659 g/mol. The van der Waals surface area contributed by atoms with E-state index in [0.717, 1.165) is 54.9 Å². The van der Waals surface area contributed by atoms with Gasteiger partial charge in [-0.3, -0.25) is 19.3 Å².